The number of rotatable bonds is 7. The zero-order valence-electron chi connectivity index (χ0n) is 13.0. The van der Waals surface area contributed by atoms with Crippen LogP contribution in [0.3, 0.4) is 0 Å². The van der Waals surface area contributed by atoms with Crippen LogP contribution in [0.1, 0.15) is 19.4 Å². The lowest BCUT2D eigenvalue weighted by Crippen LogP contribution is -2.30. The van der Waals surface area contributed by atoms with Crippen molar-refractivity contribution in [3.05, 3.63) is 48.4 Å². The molecule has 0 saturated carbocycles. The molecule has 0 aliphatic rings. The summed E-state index contributed by atoms with van der Waals surface area (Å²) in [7, 11) is -3.48. The number of anilines is 1. The van der Waals surface area contributed by atoms with Crippen molar-refractivity contribution in [2.24, 2.45) is 5.10 Å². The predicted octanol–water partition coefficient (Wildman–Crippen LogP) is 1.95. The van der Waals surface area contributed by atoms with Gasteiger partial charge in [0.15, 0.2) is 0 Å². The van der Waals surface area contributed by atoms with Gasteiger partial charge in [-0.2, -0.15) is 9.41 Å². The molecule has 0 radical (unpaired) electrons. The zero-order valence-corrected chi connectivity index (χ0v) is 13.9. The van der Waals surface area contributed by atoms with Crippen molar-refractivity contribution in [1.29, 1.82) is 0 Å². The molecule has 2 aromatic heterocycles. The van der Waals surface area contributed by atoms with Crippen LogP contribution in [0.5, 0.6) is 0 Å². The normalized spacial score (nSPS) is 12.0. The Morgan fingerprint density at radius 3 is 2.43 bits per heavy atom. The van der Waals surface area contributed by atoms with Crippen LogP contribution in [-0.4, -0.2) is 42.0 Å². The molecule has 0 aliphatic heterocycles. The molecule has 2 rings (SSSR count). The highest BCUT2D eigenvalue weighted by atomic mass is 32.2. The average Bonchev–Trinajstić information content (AvgIpc) is 2.57. The van der Waals surface area contributed by atoms with Crippen LogP contribution in [0.2, 0.25) is 0 Å². The summed E-state index contributed by atoms with van der Waals surface area (Å²) in [6.45, 7) is 4.46. The van der Waals surface area contributed by atoms with E-state index in [0.29, 0.717) is 18.9 Å². The summed E-state index contributed by atoms with van der Waals surface area (Å²) in [4.78, 5) is 8.17. The van der Waals surface area contributed by atoms with Crippen LogP contribution in [0, 0.1) is 0 Å². The molecule has 0 saturated heterocycles. The number of hydrogen-bond acceptors (Lipinski definition) is 6. The van der Waals surface area contributed by atoms with E-state index < -0.39 is 10.0 Å². The third-order valence-electron chi connectivity index (χ3n) is 3.18. The molecule has 7 nitrogen and oxygen atoms in total. The minimum atomic E-state index is -3.48. The average molecular weight is 333 g/mol. The number of pyridine rings is 2. The van der Waals surface area contributed by atoms with E-state index in [1.807, 2.05) is 12.1 Å². The van der Waals surface area contributed by atoms with Crippen molar-refractivity contribution in [1.82, 2.24) is 14.3 Å². The summed E-state index contributed by atoms with van der Waals surface area (Å²) >= 11 is 0. The number of sulfonamides is 1. The Bertz CT molecular complexity index is 741. The molecule has 0 amide bonds. The molecule has 8 heteroatoms. The van der Waals surface area contributed by atoms with Crippen molar-refractivity contribution < 1.29 is 8.42 Å². The second-order valence-corrected chi connectivity index (χ2v) is 6.56. The van der Waals surface area contributed by atoms with E-state index in [1.54, 1.807) is 38.5 Å². The predicted molar refractivity (Wildman–Crippen MR) is 89.8 cm³/mol. The van der Waals surface area contributed by atoms with Gasteiger partial charge in [-0.25, -0.2) is 13.4 Å². The molecule has 2 heterocycles. The topological polar surface area (TPSA) is 87.5 Å². The monoisotopic (exact) mass is 333 g/mol. The molecule has 0 spiro atoms. The summed E-state index contributed by atoms with van der Waals surface area (Å²) in [6, 6.07) is 6.74. The lowest BCUT2D eigenvalue weighted by atomic mass is 10.3. The van der Waals surface area contributed by atoms with Gasteiger partial charge in [0.1, 0.15) is 10.7 Å². The fraction of sp³-hybridized carbons (Fsp3) is 0.267. The summed E-state index contributed by atoms with van der Waals surface area (Å²) < 4.78 is 26.1. The number of nitrogens with zero attached hydrogens (tertiary/aromatic N) is 4. The molecule has 0 bridgehead atoms. The fourth-order valence-electron chi connectivity index (χ4n) is 1.93. The molecule has 0 unspecified atom stereocenters. The number of hydrogen-bond donors (Lipinski definition) is 1. The van der Waals surface area contributed by atoms with Crippen LogP contribution in [0.15, 0.2) is 52.9 Å². The largest absolute Gasteiger partial charge is 0.265 e. The maximum atomic E-state index is 12.3. The molecule has 23 heavy (non-hydrogen) atoms. The third kappa shape index (κ3) is 4.33. The van der Waals surface area contributed by atoms with Crippen molar-refractivity contribution in [2.75, 3.05) is 18.5 Å². The molecule has 1 N–H and O–H groups in total. The Kier molecular flexibility index (Phi) is 5.78. The van der Waals surface area contributed by atoms with Gasteiger partial charge < -0.3 is 0 Å². The second-order valence-electron chi connectivity index (χ2n) is 4.62. The molecule has 0 aliphatic carbocycles. The van der Waals surface area contributed by atoms with Crippen LogP contribution in [0.4, 0.5) is 5.82 Å². The number of hydrazone groups is 1. The van der Waals surface area contributed by atoms with Crippen molar-refractivity contribution in [2.45, 2.75) is 18.7 Å². The Morgan fingerprint density at radius 2 is 1.87 bits per heavy atom. The van der Waals surface area contributed by atoms with E-state index in [4.69, 9.17) is 0 Å². The first-order valence-electron chi connectivity index (χ1n) is 7.23. The van der Waals surface area contributed by atoms with Gasteiger partial charge >= 0.3 is 0 Å². The summed E-state index contributed by atoms with van der Waals surface area (Å²) in [5, 5.41) is 4.05. The maximum absolute atomic E-state index is 12.3. The second kappa shape index (κ2) is 7.80. The molecule has 2 aromatic rings. The Morgan fingerprint density at radius 1 is 1.17 bits per heavy atom. The van der Waals surface area contributed by atoms with E-state index in [0.717, 1.165) is 5.56 Å². The molecule has 0 aromatic carbocycles. The van der Waals surface area contributed by atoms with Gasteiger partial charge in [0.25, 0.3) is 0 Å². The highest BCUT2D eigenvalue weighted by molar-refractivity contribution is 7.89. The zero-order chi connectivity index (χ0) is 16.7. The fourth-order valence-corrected chi connectivity index (χ4v) is 3.34. The van der Waals surface area contributed by atoms with Crippen LogP contribution in [-0.2, 0) is 10.0 Å². The molecule has 0 atom stereocenters. The van der Waals surface area contributed by atoms with Gasteiger partial charge in [-0.3, -0.25) is 10.4 Å². The van der Waals surface area contributed by atoms with Crippen LogP contribution >= 0.6 is 0 Å². The van der Waals surface area contributed by atoms with Crippen LogP contribution in [0.25, 0.3) is 0 Å². The van der Waals surface area contributed by atoms with E-state index >= 15 is 0 Å². The number of nitrogens with one attached hydrogen (secondary N) is 1. The first-order valence-corrected chi connectivity index (χ1v) is 8.67. The highest BCUT2D eigenvalue weighted by Gasteiger charge is 2.21. The van der Waals surface area contributed by atoms with Gasteiger partial charge in [-0.1, -0.05) is 13.8 Å². The quantitative estimate of drug-likeness (QED) is 0.618. The van der Waals surface area contributed by atoms with Crippen LogP contribution < -0.4 is 5.43 Å². The lowest BCUT2D eigenvalue weighted by molar-refractivity contribution is 0.445. The van der Waals surface area contributed by atoms with Gasteiger partial charge in [0, 0.05) is 31.7 Å². The van der Waals surface area contributed by atoms with Crippen molar-refractivity contribution >= 4 is 22.1 Å². The Labute approximate surface area is 136 Å². The number of aromatic nitrogens is 2. The SMILES string of the molecule is CCN(CC)S(=O)(=O)c1ccc(N/N=C/c2ccncc2)nc1. The van der Waals surface area contributed by atoms with E-state index in [1.165, 1.54) is 16.6 Å². The minimum absolute atomic E-state index is 0.171. The van der Waals surface area contributed by atoms with Gasteiger partial charge in [0.05, 0.1) is 6.21 Å². The van der Waals surface area contributed by atoms with E-state index in [2.05, 4.69) is 20.5 Å². The van der Waals surface area contributed by atoms with E-state index in [-0.39, 0.29) is 4.90 Å². The van der Waals surface area contributed by atoms with Crippen molar-refractivity contribution in [3.63, 3.8) is 0 Å². The van der Waals surface area contributed by atoms with E-state index in [9.17, 15) is 8.42 Å². The summed E-state index contributed by atoms with van der Waals surface area (Å²) in [5.74, 6) is 0.466. The third-order valence-corrected chi connectivity index (χ3v) is 5.21. The molecule has 0 fully saturated rings. The molecule has 122 valence electrons. The highest BCUT2D eigenvalue weighted by Crippen LogP contribution is 2.15. The van der Waals surface area contributed by atoms with Gasteiger partial charge in [-0.05, 0) is 29.8 Å². The molecular weight excluding hydrogens is 314 g/mol. The van der Waals surface area contributed by atoms with Gasteiger partial charge in [0.2, 0.25) is 10.0 Å². The minimum Gasteiger partial charge on any atom is -0.265 e. The lowest BCUT2D eigenvalue weighted by Gasteiger charge is -2.18. The Balaban J connectivity index is 2.06. The smallest absolute Gasteiger partial charge is 0.244 e. The summed E-state index contributed by atoms with van der Waals surface area (Å²) in [5.41, 5.74) is 3.65. The first-order chi connectivity index (χ1) is 11.1. The van der Waals surface area contributed by atoms with Crippen molar-refractivity contribution in [3.8, 4) is 0 Å². The molecular formula is C15H19N5O2S. The standard InChI is InChI=1S/C15H19N5O2S/c1-3-20(4-2)23(21,22)14-5-6-15(17-12-14)19-18-11-13-7-9-16-10-8-13/h5-12H,3-4H2,1-2H3,(H,17,19)/b18-11+. The first kappa shape index (κ1) is 17.0. The van der Waals surface area contributed by atoms with Gasteiger partial charge in [-0.15, -0.1) is 0 Å². The summed E-state index contributed by atoms with van der Waals surface area (Å²) in [6.07, 6.45) is 6.31. The maximum Gasteiger partial charge on any atom is 0.244 e. The Hall–Kier alpha value is -2.32.